The molecule has 136 valence electrons. The Morgan fingerprint density at radius 3 is 2.92 bits per heavy atom. The molecule has 6 heteroatoms. The van der Waals surface area contributed by atoms with E-state index in [0.29, 0.717) is 50.0 Å². The highest BCUT2D eigenvalue weighted by Gasteiger charge is 2.56. The normalized spacial score (nSPS) is 35.0. The summed E-state index contributed by atoms with van der Waals surface area (Å²) in [5, 5.41) is 12.0. The summed E-state index contributed by atoms with van der Waals surface area (Å²) in [4.78, 5) is 15.2. The minimum Gasteiger partial charge on any atom is -0.389 e. The average Bonchev–Trinajstić information content (AvgIpc) is 2.63. The summed E-state index contributed by atoms with van der Waals surface area (Å²) in [6, 6.07) is 5.41. The SMILES string of the molecule is Cc1cc(C(=O)N2C[C@@H]3COCC[C@]3(O)[C@H]3COCC[C@H]32)ccc1Cl. The number of piperidine rings is 1. The molecule has 3 aliphatic rings. The van der Waals surface area contributed by atoms with Gasteiger partial charge in [-0.1, -0.05) is 11.6 Å². The summed E-state index contributed by atoms with van der Waals surface area (Å²) >= 11 is 6.10. The molecule has 25 heavy (non-hydrogen) atoms. The second kappa shape index (κ2) is 6.54. The lowest BCUT2D eigenvalue weighted by atomic mass is 9.66. The number of carbonyl (C=O) groups is 1. The van der Waals surface area contributed by atoms with E-state index in [4.69, 9.17) is 21.1 Å². The Kier molecular flexibility index (Phi) is 4.52. The third-order valence-electron chi connectivity index (χ3n) is 6.12. The standard InChI is InChI=1S/C19H24ClNO4/c1-12-8-13(2-3-16(12)20)18(22)21-9-14-10-25-7-5-19(14,23)15-11-24-6-4-17(15)21/h2-3,8,14-15,17,23H,4-7,9-11H2,1H3/t14-,15+,17-,19-/m1/s1. The van der Waals surface area contributed by atoms with Crippen molar-refractivity contribution in [2.75, 3.05) is 33.0 Å². The number of nitrogens with zero attached hydrogens (tertiary/aromatic N) is 1. The highest BCUT2D eigenvalue weighted by Crippen LogP contribution is 2.44. The number of likely N-dealkylation sites (tertiary alicyclic amines) is 1. The maximum atomic E-state index is 13.2. The Bertz CT molecular complexity index is 681. The molecule has 4 atom stereocenters. The molecular formula is C19H24ClNO4. The van der Waals surface area contributed by atoms with Crippen LogP contribution in [0.1, 0.15) is 28.8 Å². The third kappa shape index (κ3) is 2.87. The number of ether oxygens (including phenoxy) is 2. The van der Waals surface area contributed by atoms with Crippen molar-refractivity contribution in [2.24, 2.45) is 11.8 Å². The lowest BCUT2D eigenvalue weighted by Gasteiger charge is -2.57. The Balaban J connectivity index is 1.66. The van der Waals surface area contributed by atoms with Crippen LogP contribution >= 0.6 is 11.6 Å². The fraction of sp³-hybridized carbons (Fsp3) is 0.632. The Labute approximate surface area is 152 Å². The second-order valence-electron chi connectivity index (χ2n) is 7.47. The highest BCUT2D eigenvalue weighted by molar-refractivity contribution is 6.31. The van der Waals surface area contributed by atoms with Gasteiger partial charge in [0.05, 0.1) is 18.8 Å². The molecule has 0 aliphatic carbocycles. The van der Waals surface area contributed by atoms with E-state index in [2.05, 4.69) is 0 Å². The predicted octanol–water partition coefficient (Wildman–Crippen LogP) is 2.28. The minimum absolute atomic E-state index is 0.00397. The van der Waals surface area contributed by atoms with E-state index >= 15 is 0 Å². The number of carbonyl (C=O) groups excluding carboxylic acids is 1. The second-order valence-corrected chi connectivity index (χ2v) is 7.88. The minimum atomic E-state index is -0.796. The first-order valence-electron chi connectivity index (χ1n) is 8.95. The van der Waals surface area contributed by atoms with Crippen molar-refractivity contribution < 1.29 is 19.4 Å². The smallest absolute Gasteiger partial charge is 0.254 e. The van der Waals surface area contributed by atoms with E-state index in [0.717, 1.165) is 12.0 Å². The lowest BCUT2D eigenvalue weighted by molar-refractivity contribution is -0.212. The molecule has 4 rings (SSSR count). The average molecular weight is 366 g/mol. The number of benzene rings is 1. The molecule has 0 spiro atoms. The summed E-state index contributed by atoms with van der Waals surface area (Å²) in [5.41, 5.74) is 0.746. The molecule has 0 saturated carbocycles. The maximum Gasteiger partial charge on any atom is 0.254 e. The van der Waals surface area contributed by atoms with E-state index in [1.54, 1.807) is 12.1 Å². The first-order valence-corrected chi connectivity index (χ1v) is 9.33. The topological polar surface area (TPSA) is 59.0 Å². The highest BCUT2D eigenvalue weighted by atomic mass is 35.5. The number of aliphatic hydroxyl groups is 1. The molecule has 3 aliphatic heterocycles. The monoisotopic (exact) mass is 365 g/mol. The molecule has 1 amide bonds. The molecule has 0 aromatic heterocycles. The van der Waals surface area contributed by atoms with Gasteiger partial charge in [0.15, 0.2) is 0 Å². The molecule has 1 aromatic carbocycles. The number of aryl methyl sites for hydroxylation is 1. The zero-order chi connectivity index (χ0) is 17.6. The van der Waals surface area contributed by atoms with Gasteiger partial charge in [0.1, 0.15) is 0 Å². The van der Waals surface area contributed by atoms with Crippen LogP contribution in [-0.2, 0) is 9.47 Å². The maximum absolute atomic E-state index is 13.2. The van der Waals surface area contributed by atoms with Gasteiger partial charge in [-0.3, -0.25) is 4.79 Å². The van der Waals surface area contributed by atoms with Crippen LogP contribution in [0.5, 0.6) is 0 Å². The van der Waals surface area contributed by atoms with Crippen molar-refractivity contribution in [1.82, 2.24) is 4.90 Å². The molecular weight excluding hydrogens is 342 g/mol. The Morgan fingerprint density at radius 1 is 1.32 bits per heavy atom. The van der Waals surface area contributed by atoms with Crippen molar-refractivity contribution in [1.29, 1.82) is 0 Å². The Morgan fingerprint density at radius 2 is 2.12 bits per heavy atom. The van der Waals surface area contributed by atoms with Crippen molar-refractivity contribution in [2.45, 2.75) is 31.4 Å². The van der Waals surface area contributed by atoms with Crippen LogP contribution in [0.3, 0.4) is 0 Å². The largest absolute Gasteiger partial charge is 0.389 e. The van der Waals surface area contributed by atoms with Gasteiger partial charge in [0.25, 0.3) is 5.91 Å². The van der Waals surface area contributed by atoms with Crippen molar-refractivity contribution in [3.05, 3.63) is 34.3 Å². The number of halogens is 1. The van der Waals surface area contributed by atoms with E-state index in [1.807, 2.05) is 17.9 Å². The third-order valence-corrected chi connectivity index (χ3v) is 6.54. The first kappa shape index (κ1) is 17.3. The van der Waals surface area contributed by atoms with Crippen LogP contribution in [-0.4, -0.2) is 60.5 Å². The van der Waals surface area contributed by atoms with Gasteiger partial charge < -0.3 is 19.5 Å². The van der Waals surface area contributed by atoms with Gasteiger partial charge in [-0.05, 0) is 37.1 Å². The van der Waals surface area contributed by atoms with Gasteiger partial charge in [-0.2, -0.15) is 0 Å². The van der Waals surface area contributed by atoms with E-state index < -0.39 is 5.60 Å². The fourth-order valence-corrected chi connectivity index (χ4v) is 4.75. The fourth-order valence-electron chi connectivity index (χ4n) is 4.64. The lowest BCUT2D eigenvalue weighted by Crippen LogP contribution is -2.68. The van der Waals surface area contributed by atoms with E-state index in [1.165, 1.54) is 0 Å². The van der Waals surface area contributed by atoms with E-state index in [9.17, 15) is 9.90 Å². The van der Waals surface area contributed by atoms with Gasteiger partial charge in [-0.15, -0.1) is 0 Å². The van der Waals surface area contributed by atoms with Crippen LogP contribution in [0.15, 0.2) is 18.2 Å². The Hall–Kier alpha value is -1.14. The number of fused-ring (bicyclic) bond motifs is 3. The summed E-state index contributed by atoms with van der Waals surface area (Å²) in [5.74, 6) is -0.118. The zero-order valence-corrected chi connectivity index (χ0v) is 15.2. The van der Waals surface area contributed by atoms with Crippen LogP contribution < -0.4 is 0 Å². The quantitative estimate of drug-likeness (QED) is 0.829. The van der Waals surface area contributed by atoms with Crippen LogP contribution in [0.4, 0.5) is 0 Å². The van der Waals surface area contributed by atoms with Crippen LogP contribution in [0, 0.1) is 18.8 Å². The number of hydrogen-bond donors (Lipinski definition) is 1. The zero-order valence-electron chi connectivity index (χ0n) is 14.4. The number of amides is 1. The molecule has 3 fully saturated rings. The first-order chi connectivity index (χ1) is 12.0. The molecule has 1 aromatic rings. The molecule has 1 N–H and O–H groups in total. The summed E-state index contributed by atoms with van der Waals surface area (Å²) in [6.45, 7) is 4.62. The van der Waals surface area contributed by atoms with Crippen molar-refractivity contribution in [3.63, 3.8) is 0 Å². The molecule has 5 nitrogen and oxygen atoms in total. The molecule has 3 saturated heterocycles. The summed E-state index contributed by atoms with van der Waals surface area (Å²) < 4.78 is 11.3. The molecule has 0 unspecified atom stereocenters. The summed E-state index contributed by atoms with van der Waals surface area (Å²) in [6.07, 6.45) is 1.38. The van der Waals surface area contributed by atoms with Crippen molar-refractivity contribution >= 4 is 17.5 Å². The van der Waals surface area contributed by atoms with Gasteiger partial charge in [0, 0.05) is 54.6 Å². The predicted molar refractivity (Wildman–Crippen MR) is 93.8 cm³/mol. The molecule has 0 radical (unpaired) electrons. The van der Waals surface area contributed by atoms with Gasteiger partial charge in [0.2, 0.25) is 0 Å². The van der Waals surface area contributed by atoms with Crippen molar-refractivity contribution in [3.8, 4) is 0 Å². The molecule has 3 heterocycles. The number of rotatable bonds is 1. The van der Waals surface area contributed by atoms with Crippen LogP contribution in [0.2, 0.25) is 5.02 Å². The number of hydrogen-bond acceptors (Lipinski definition) is 4. The van der Waals surface area contributed by atoms with Crippen LogP contribution in [0.25, 0.3) is 0 Å². The summed E-state index contributed by atoms with van der Waals surface area (Å²) in [7, 11) is 0. The van der Waals surface area contributed by atoms with Gasteiger partial charge in [-0.25, -0.2) is 0 Å². The van der Waals surface area contributed by atoms with Gasteiger partial charge >= 0.3 is 0 Å². The molecule has 0 bridgehead atoms. The van der Waals surface area contributed by atoms with E-state index in [-0.39, 0.29) is 23.8 Å².